The highest BCUT2D eigenvalue weighted by atomic mass is 35.5. The maximum absolute atomic E-state index is 6.14. The van der Waals surface area contributed by atoms with Crippen LogP contribution < -0.4 is 10.1 Å². The third kappa shape index (κ3) is 3.85. The van der Waals surface area contributed by atoms with Crippen LogP contribution in [0.2, 0.25) is 5.02 Å². The fourth-order valence-corrected chi connectivity index (χ4v) is 2.48. The van der Waals surface area contributed by atoms with Crippen LogP contribution in [0.3, 0.4) is 0 Å². The number of ether oxygens (including phenoxy) is 1. The summed E-state index contributed by atoms with van der Waals surface area (Å²) in [6, 6.07) is 4.60. The van der Waals surface area contributed by atoms with Gasteiger partial charge >= 0.3 is 0 Å². The summed E-state index contributed by atoms with van der Waals surface area (Å²) in [5.74, 6) is 1.04. The molecule has 0 saturated heterocycles. The van der Waals surface area contributed by atoms with E-state index in [-0.39, 0.29) is 0 Å². The molecular weight excluding hydrogens is 260 g/mol. The van der Waals surface area contributed by atoms with E-state index in [2.05, 4.69) is 31.1 Å². The van der Waals surface area contributed by atoms with Gasteiger partial charge in [-0.1, -0.05) is 11.6 Å². The van der Waals surface area contributed by atoms with Gasteiger partial charge in [0, 0.05) is 42.7 Å². The standard InChI is InChI=1S/C15H23ClN2O/c1-11(2)18(3)6-5-17-10-13-9-14(16)8-12-4-7-19-15(12)13/h8-9,11,17H,4-7,10H2,1-3H3. The molecule has 0 aromatic heterocycles. The van der Waals surface area contributed by atoms with Gasteiger partial charge in [-0.15, -0.1) is 0 Å². The Hall–Kier alpha value is -0.770. The molecule has 0 spiro atoms. The lowest BCUT2D eigenvalue weighted by Gasteiger charge is -2.21. The Morgan fingerprint density at radius 2 is 2.21 bits per heavy atom. The quantitative estimate of drug-likeness (QED) is 0.812. The Labute approximate surface area is 120 Å². The highest BCUT2D eigenvalue weighted by molar-refractivity contribution is 6.30. The molecular formula is C15H23ClN2O. The zero-order chi connectivity index (χ0) is 13.8. The maximum Gasteiger partial charge on any atom is 0.127 e. The van der Waals surface area contributed by atoms with Gasteiger partial charge in [0.25, 0.3) is 0 Å². The zero-order valence-electron chi connectivity index (χ0n) is 12.0. The molecule has 0 atom stereocenters. The van der Waals surface area contributed by atoms with Crippen molar-refractivity contribution in [3.63, 3.8) is 0 Å². The van der Waals surface area contributed by atoms with Crippen molar-refractivity contribution in [2.75, 3.05) is 26.7 Å². The molecule has 1 aliphatic rings. The number of fused-ring (bicyclic) bond motifs is 1. The van der Waals surface area contributed by atoms with Crippen molar-refractivity contribution in [3.05, 3.63) is 28.3 Å². The highest BCUT2D eigenvalue weighted by Gasteiger charge is 2.17. The molecule has 1 N–H and O–H groups in total. The normalized spacial score (nSPS) is 14.0. The Morgan fingerprint density at radius 1 is 1.42 bits per heavy atom. The molecule has 0 unspecified atom stereocenters. The van der Waals surface area contributed by atoms with Crippen LogP contribution in [0.15, 0.2) is 12.1 Å². The minimum Gasteiger partial charge on any atom is -0.493 e. The van der Waals surface area contributed by atoms with Crippen LogP contribution in [0.25, 0.3) is 0 Å². The van der Waals surface area contributed by atoms with Crippen LogP contribution in [-0.2, 0) is 13.0 Å². The number of hydrogen-bond donors (Lipinski definition) is 1. The van der Waals surface area contributed by atoms with Crippen molar-refractivity contribution in [1.29, 1.82) is 0 Å². The van der Waals surface area contributed by atoms with Gasteiger partial charge in [-0.3, -0.25) is 0 Å². The van der Waals surface area contributed by atoms with E-state index in [1.807, 2.05) is 12.1 Å². The maximum atomic E-state index is 6.14. The molecule has 2 rings (SSSR count). The van der Waals surface area contributed by atoms with Crippen LogP contribution in [0.1, 0.15) is 25.0 Å². The number of likely N-dealkylation sites (N-methyl/N-ethyl adjacent to an activating group) is 1. The lowest BCUT2D eigenvalue weighted by Crippen LogP contribution is -2.33. The van der Waals surface area contributed by atoms with E-state index in [0.29, 0.717) is 6.04 Å². The summed E-state index contributed by atoms with van der Waals surface area (Å²) in [5, 5.41) is 4.27. The van der Waals surface area contributed by atoms with Gasteiger partial charge in [0.2, 0.25) is 0 Å². The van der Waals surface area contributed by atoms with Crippen LogP contribution in [0, 0.1) is 0 Å². The van der Waals surface area contributed by atoms with Crippen molar-refractivity contribution in [1.82, 2.24) is 10.2 Å². The van der Waals surface area contributed by atoms with Crippen molar-refractivity contribution >= 4 is 11.6 Å². The summed E-state index contributed by atoms with van der Waals surface area (Å²) in [7, 11) is 2.15. The molecule has 0 aliphatic carbocycles. The average molecular weight is 283 g/mol. The van der Waals surface area contributed by atoms with E-state index >= 15 is 0 Å². The second kappa shape index (κ2) is 6.60. The summed E-state index contributed by atoms with van der Waals surface area (Å²) in [5.41, 5.74) is 2.41. The van der Waals surface area contributed by atoms with E-state index in [4.69, 9.17) is 16.3 Å². The predicted molar refractivity (Wildman–Crippen MR) is 80.1 cm³/mol. The van der Waals surface area contributed by atoms with Gasteiger partial charge in [-0.05, 0) is 38.6 Å². The third-order valence-electron chi connectivity index (χ3n) is 3.66. The lowest BCUT2D eigenvalue weighted by atomic mass is 10.1. The monoisotopic (exact) mass is 282 g/mol. The van der Waals surface area contributed by atoms with Crippen molar-refractivity contribution in [2.45, 2.75) is 32.9 Å². The van der Waals surface area contributed by atoms with Crippen LogP contribution in [-0.4, -0.2) is 37.7 Å². The first-order chi connectivity index (χ1) is 9.08. The fourth-order valence-electron chi connectivity index (χ4n) is 2.21. The molecule has 106 valence electrons. The number of halogens is 1. The lowest BCUT2D eigenvalue weighted by molar-refractivity contribution is 0.273. The minimum absolute atomic E-state index is 0.584. The summed E-state index contributed by atoms with van der Waals surface area (Å²) >= 11 is 6.14. The number of nitrogens with one attached hydrogen (secondary N) is 1. The Kier molecular flexibility index (Phi) is 5.08. The van der Waals surface area contributed by atoms with Gasteiger partial charge in [0.05, 0.1) is 6.61 Å². The zero-order valence-corrected chi connectivity index (χ0v) is 12.8. The molecule has 1 heterocycles. The summed E-state index contributed by atoms with van der Waals surface area (Å²) in [6.45, 7) is 8.01. The molecule has 1 aromatic rings. The molecule has 3 nitrogen and oxygen atoms in total. The van der Waals surface area contributed by atoms with Crippen LogP contribution in [0.5, 0.6) is 5.75 Å². The van der Waals surface area contributed by atoms with E-state index in [1.54, 1.807) is 0 Å². The van der Waals surface area contributed by atoms with Crippen molar-refractivity contribution < 1.29 is 4.74 Å². The summed E-state index contributed by atoms with van der Waals surface area (Å²) in [6.07, 6.45) is 0.971. The second-order valence-electron chi connectivity index (χ2n) is 5.40. The molecule has 1 aliphatic heterocycles. The van der Waals surface area contributed by atoms with Gasteiger partial charge < -0.3 is 15.0 Å². The van der Waals surface area contributed by atoms with Gasteiger partial charge in [-0.2, -0.15) is 0 Å². The van der Waals surface area contributed by atoms with Crippen LogP contribution in [0.4, 0.5) is 0 Å². The largest absolute Gasteiger partial charge is 0.493 e. The van der Waals surface area contributed by atoms with E-state index in [9.17, 15) is 0 Å². The Bertz CT molecular complexity index is 434. The number of benzene rings is 1. The predicted octanol–water partition coefficient (Wildman–Crippen LogP) is 2.70. The van der Waals surface area contributed by atoms with E-state index < -0.39 is 0 Å². The first-order valence-electron chi connectivity index (χ1n) is 6.93. The van der Waals surface area contributed by atoms with Gasteiger partial charge in [0.1, 0.15) is 5.75 Å². The van der Waals surface area contributed by atoms with Gasteiger partial charge in [0.15, 0.2) is 0 Å². The molecule has 0 bridgehead atoms. The van der Waals surface area contributed by atoms with Crippen LogP contribution >= 0.6 is 11.6 Å². The second-order valence-corrected chi connectivity index (χ2v) is 5.84. The summed E-state index contributed by atoms with van der Waals surface area (Å²) in [4.78, 5) is 2.33. The SMILES string of the molecule is CC(C)N(C)CCNCc1cc(Cl)cc2c1OCC2. The number of nitrogens with zero attached hydrogens (tertiary/aromatic N) is 1. The van der Waals surface area contributed by atoms with E-state index in [1.165, 1.54) is 11.1 Å². The topological polar surface area (TPSA) is 24.5 Å². The van der Waals surface area contributed by atoms with Crippen molar-refractivity contribution in [3.8, 4) is 5.75 Å². The first kappa shape index (κ1) is 14.6. The molecule has 19 heavy (non-hydrogen) atoms. The van der Waals surface area contributed by atoms with Gasteiger partial charge in [-0.25, -0.2) is 0 Å². The Balaban J connectivity index is 1.87. The first-order valence-corrected chi connectivity index (χ1v) is 7.31. The minimum atomic E-state index is 0.584. The molecule has 0 radical (unpaired) electrons. The molecule has 4 heteroatoms. The van der Waals surface area contributed by atoms with E-state index in [0.717, 1.165) is 43.4 Å². The Morgan fingerprint density at radius 3 is 2.95 bits per heavy atom. The highest BCUT2D eigenvalue weighted by Crippen LogP contribution is 2.32. The molecule has 1 aromatic carbocycles. The number of hydrogen-bond acceptors (Lipinski definition) is 3. The number of rotatable bonds is 6. The fraction of sp³-hybridized carbons (Fsp3) is 0.600. The molecule has 0 saturated carbocycles. The average Bonchev–Trinajstić information content (AvgIpc) is 2.81. The third-order valence-corrected chi connectivity index (χ3v) is 3.88. The molecule has 0 amide bonds. The molecule has 0 fully saturated rings. The smallest absolute Gasteiger partial charge is 0.127 e. The summed E-state index contributed by atoms with van der Waals surface area (Å²) < 4.78 is 5.69. The van der Waals surface area contributed by atoms with Crippen molar-refractivity contribution in [2.24, 2.45) is 0 Å².